The first-order valence-corrected chi connectivity index (χ1v) is 8.55. The second-order valence-corrected chi connectivity index (χ2v) is 5.90. The van der Waals surface area contributed by atoms with E-state index in [1.165, 1.54) is 23.1 Å². The third-order valence-electron chi connectivity index (χ3n) is 4.05. The Kier molecular flexibility index (Phi) is 6.41. The molecule has 0 radical (unpaired) electrons. The molecule has 0 spiro atoms. The molecule has 0 bridgehead atoms. The zero-order chi connectivity index (χ0) is 21.3. The molecule has 0 atom stereocenters. The SMILES string of the molecule is [N-]=[N+]=NCCc1ncnn1-c1cc(C(=O)N=O)cc(-c2ccc(CN=[N+]=[N-])cn2)c1. The Morgan fingerprint density at radius 2 is 1.93 bits per heavy atom. The van der Waals surface area contributed by atoms with Gasteiger partial charge in [-0.15, -0.1) is 4.91 Å². The van der Waals surface area contributed by atoms with E-state index < -0.39 is 5.91 Å². The minimum atomic E-state index is -0.936. The highest BCUT2D eigenvalue weighted by atomic mass is 16.3. The van der Waals surface area contributed by atoms with Gasteiger partial charge >= 0.3 is 5.91 Å². The monoisotopic (exact) mass is 403 g/mol. The molecule has 0 N–H and O–H groups in total. The summed E-state index contributed by atoms with van der Waals surface area (Å²) in [5.74, 6) is -0.427. The summed E-state index contributed by atoms with van der Waals surface area (Å²) >= 11 is 0. The van der Waals surface area contributed by atoms with Crippen molar-refractivity contribution in [2.45, 2.75) is 13.0 Å². The normalized spacial score (nSPS) is 10.0. The molecule has 0 saturated heterocycles. The molecular formula is C17H13N11O2. The van der Waals surface area contributed by atoms with E-state index >= 15 is 0 Å². The van der Waals surface area contributed by atoms with Gasteiger partial charge in [0.15, 0.2) is 0 Å². The molecule has 13 heteroatoms. The van der Waals surface area contributed by atoms with Crippen LogP contribution in [-0.2, 0) is 13.0 Å². The molecule has 0 fully saturated rings. The van der Waals surface area contributed by atoms with Gasteiger partial charge in [0.1, 0.15) is 12.2 Å². The molecule has 0 unspecified atom stereocenters. The summed E-state index contributed by atoms with van der Waals surface area (Å²) < 4.78 is 1.48. The highest BCUT2D eigenvalue weighted by Crippen LogP contribution is 2.24. The lowest BCUT2D eigenvalue weighted by Crippen LogP contribution is -2.07. The molecular weight excluding hydrogens is 390 g/mol. The first-order chi connectivity index (χ1) is 14.7. The minimum absolute atomic E-state index is 0.0638. The fraction of sp³-hybridized carbons (Fsp3) is 0.176. The van der Waals surface area contributed by atoms with Crippen LogP contribution in [0, 0.1) is 4.91 Å². The van der Waals surface area contributed by atoms with Crippen LogP contribution in [0.5, 0.6) is 0 Å². The number of amides is 1. The summed E-state index contributed by atoms with van der Waals surface area (Å²) in [5.41, 5.74) is 19.2. The number of carbonyl (C=O) groups is 1. The van der Waals surface area contributed by atoms with Crippen molar-refractivity contribution in [1.82, 2.24) is 19.7 Å². The Morgan fingerprint density at radius 3 is 2.63 bits per heavy atom. The third-order valence-corrected chi connectivity index (χ3v) is 4.05. The predicted octanol–water partition coefficient (Wildman–Crippen LogP) is 3.90. The number of pyridine rings is 1. The largest absolute Gasteiger partial charge is 0.316 e. The van der Waals surface area contributed by atoms with E-state index in [0.29, 0.717) is 29.2 Å². The number of hydrogen-bond donors (Lipinski definition) is 0. The van der Waals surface area contributed by atoms with Crippen LogP contribution in [0.3, 0.4) is 0 Å². The Hall–Kier alpha value is -4.60. The molecule has 3 rings (SSSR count). The summed E-state index contributed by atoms with van der Waals surface area (Å²) in [7, 11) is 0. The van der Waals surface area contributed by atoms with Crippen molar-refractivity contribution in [3.8, 4) is 16.9 Å². The number of aromatic nitrogens is 4. The van der Waals surface area contributed by atoms with Gasteiger partial charge in [-0.25, -0.2) is 9.67 Å². The molecule has 0 aliphatic rings. The first kappa shape index (κ1) is 20.1. The van der Waals surface area contributed by atoms with Crippen molar-refractivity contribution < 1.29 is 4.79 Å². The quantitative estimate of drug-likeness (QED) is 0.238. The van der Waals surface area contributed by atoms with Crippen molar-refractivity contribution in [3.63, 3.8) is 0 Å². The van der Waals surface area contributed by atoms with Gasteiger partial charge in [-0.1, -0.05) is 16.3 Å². The molecule has 2 aromatic heterocycles. The van der Waals surface area contributed by atoms with Gasteiger partial charge in [-0.2, -0.15) is 5.10 Å². The van der Waals surface area contributed by atoms with Gasteiger partial charge in [0.05, 0.1) is 17.9 Å². The maximum Gasteiger partial charge on any atom is 0.316 e. The van der Waals surface area contributed by atoms with E-state index in [4.69, 9.17) is 11.1 Å². The van der Waals surface area contributed by atoms with Gasteiger partial charge in [0, 0.05) is 45.3 Å². The molecule has 13 nitrogen and oxygen atoms in total. The van der Waals surface area contributed by atoms with Crippen molar-refractivity contribution in [2.24, 2.45) is 15.4 Å². The van der Waals surface area contributed by atoms with Crippen LogP contribution in [-0.4, -0.2) is 32.2 Å². The second-order valence-electron chi connectivity index (χ2n) is 5.90. The van der Waals surface area contributed by atoms with E-state index in [1.807, 2.05) is 0 Å². The third kappa shape index (κ3) is 4.62. The second kappa shape index (κ2) is 9.55. The maximum atomic E-state index is 11.9. The maximum absolute atomic E-state index is 11.9. The zero-order valence-electron chi connectivity index (χ0n) is 15.4. The molecule has 3 aromatic rings. The lowest BCUT2D eigenvalue weighted by atomic mass is 10.0. The van der Waals surface area contributed by atoms with Gasteiger partial charge in [-0.3, -0.25) is 9.78 Å². The highest BCUT2D eigenvalue weighted by Gasteiger charge is 2.14. The van der Waals surface area contributed by atoms with E-state index in [9.17, 15) is 9.70 Å². The van der Waals surface area contributed by atoms with Crippen LogP contribution in [0.2, 0.25) is 0 Å². The summed E-state index contributed by atoms with van der Waals surface area (Å²) in [6.07, 6.45) is 3.22. The molecule has 2 heterocycles. The van der Waals surface area contributed by atoms with Crippen LogP contribution in [0.25, 0.3) is 37.8 Å². The highest BCUT2D eigenvalue weighted by molar-refractivity contribution is 5.96. The zero-order valence-corrected chi connectivity index (χ0v) is 15.4. The summed E-state index contributed by atoms with van der Waals surface area (Å²) in [4.78, 5) is 36.6. The van der Waals surface area contributed by atoms with Crippen molar-refractivity contribution >= 4 is 5.91 Å². The number of azide groups is 2. The Balaban J connectivity index is 2.04. The molecule has 148 valence electrons. The molecule has 30 heavy (non-hydrogen) atoms. The van der Waals surface area contributed by atoms with Gasteiger partial charge in [0.2, 0.25) is 0 Å². The molecule has 1 amide bonds. The fourth-order valence-electron chi connectivity index (χ4n) is 2.71. The predicted molar refractivity (Wildman–Crippen MR) is 105 cm³/mol. The van der Waals surface area contributed by atoms with Crippen molar-refractivity contribution in [2.75, 3.05) is 6.54 Å². The number of hydrogen-bond acceptors (Lipinski definition) is 7. The number of carbonyl (C=O) groups excluding carboxylic acids is 1. The summed E-state index contributed by atoms with van der Waals surface area (Å²) in [6, 6.07) is 8.13. The van der Waals surface area contributed by atoms with Crippen LogP contribution < -0.4 is 0 Å². The van der Waals surface area contributed by atoms with Crippen LogP contribution in [0.4, 0.5) is 0 Å². The number of nitroso groups, excluding NO2 is 1. The van der Waals surface area contributed by atoms with E-state index in [1.54, 1.807) is 24.4 Å². The minimum Gasteiger partial charge on any atom is -0.263 e. The molecule has 0 saturated carbocycles. The topological polar surface area (TPSA) is 188 Å². The fourth-order valence-corrected chi connectivity index (χ4v) is 2.71. The van der Waals surface area contributed by atoms with Crippen LogP contribution in [0.15, 0.2) is 58.3 Å². The average Bonchev–Trinajstić information content (AvgIpc) is 3.26. The molecule has 0 aliphatic carbocycles. The summed E-state index contributed by atoms with van der Waals surface area (Å²) in [5, 5.41) is 13.6. The van der Waals surface area contributed by atoms with E-state index in [-0.39, 0.29) is 18.7 Å². The number of nitrogens with zero attached hydrogens (tertiary/aromatic N) is 11. The Labute approximate surface area is 168 Å². The standard InChI is InChI=1S/C17H13N11O2/c18-26-22-4-3-16-21-10-24-28(16)14-6-12(5-13(7-14)17(29)25-30)15-2-1-11(8-20-15)9-23-27-19/h1-2,5-8,10H,3-4,9H2. The van der Waals surface area contributed by atoms with Gasteiger partial charge in [-0.05, 0) is 40.9 Å². The summed E-state index contributed by atoms with van der Waals surface area (Å²) in [6.45, 7) is 0.348. The lowest BCUT2D eigenvalue weighted by molar-refractivity contribution is 0.100. The van der Waals surface area contributed by atoms with Gasteiger partial charge in [0.25, 0.3) is 0 Å². The van der Waals surface area contributed by atoms with Crippen LogP contribution >= 0.6 is 0 Å². The number of benzene rings is 1. The Morgan fingerprint density at radius 1 is 1.10 bits per heavy atom. The lowest BCUT2D eigenvalue weighted by Gasteiger charge is -2.10. The Bertz CT molecular complexity index is 1170. The average molecular weight is 403 g/mol. The molecule has 1 aromatic carbocycles. The first-order valence-electron chi connectivity index (χ1n) is 8.55. The van der Waals surface area contributed by atoms with E-state index in [2.05, 4.69) is 40.3 Å². The van der Waals surface area contributed by atoms with E-state index in [0.717, 1.165) is 5.56 Å². The molecule has 0 aliphatic heterocycles. The smallest absolute Gasteiger partial charge is 0.263 e. The van der Waals surface area contributed by atoms with Crippen LogP contribution in [0.1, 0.15) is 21.7 Å². The van der Waals surface area contributed by atoms with Gasteiger partial charge < -0.3 is 0 Å². The van der Waals surface area contributed by atoms with Crippen molar-refractivity contribution in [1.29, 1.82) is 0 Å². The number of rotatable bonds is 8. The van der Waals surface area contributed by atoms with Crippen molar-refractivity contribution in [3.05, 3.63) is 85.6 Å².